The number of nitrogens with zero attached hydrogens (tertiary/aromatic N) is 2. The van der Waals surface area contributed by atoms with Crippen LogP contribution in [-0.2, 0) is 0 Å². The van der Waals surface area contributed by atoms with Gasteiger partial charge in [-0.05, 0) is 36.8 Å². The molecule has 180 valence electrons. The highest BCUT2D eigenvalue weighted by atomic mass is 19.4. The number of ether oxygens (including phenoxy) is 1. The normalized spacial score (nSPS) is 18.1. The van der Waals surface area contributed by atoms with Gasteiger partial charge < -0.3 is 15.4 Å². The molecule has 2 atom stereocenters. The van der Waals surface area contributed by atoms with Gasteiger partial charge in [0.2, 0.25) is 0 Å². The minimum Gasteiger partial charge on any atom is -0.406 e. The molecule has 3 aromatic rings. The first kappa shape index (κ1) is 23.5. The lowest BCUT2D eigenvalue weighted by molar-refractivity contribution is -0.274. The summed E-state index contributed by atoms with van der Waals surface area (Å²) in [7, 11) is 0. The summed E-state index contributed by atoms with van der Waals surface area (Å²) in [5.74, 6) is -1.36. The molecule has 1 aliphatic heterocycles. The van der Waals surface area contributed by atoms with E-state index in [-0.39, 0.29) is 23.5 Å². The third kappa shape index (κ3) is 5.10. The summed E-state index contributed by atoms with van der Waals surface area (Å²) < 4.78 is 82.8. The Kier molecular flexibility index (Phi) is 5.92. The number of carbonyl (C=O) groups is 1. The van der Waals surface area contributed by atoms with Crippen molar-refractivity contribution in [3.8, 4) is 5.75 Å². The Morgan fingerprint density at radius 1 is 1.06 bits per heavy atom. The number of fused-ring (bicyclic) bond motifs is 1. The SMILES string of the molecule is Cc1ccc([C@@H]2C[C@H](C(F)(F)F)n3ncc(C(=O)Nc4ccc(OC(F)(F)F)cc4)c3N2)cc1. The first-order chi connectivity index (χ1) is 15.9. The van der Waals surface area contributed by atoms with Gasteiger partial charge in [0.05, 0.1) is 12.2 Å². The van der Waals surface area contributed by atoms with Gasteiger partial charge in [0.15, 0.2) is 6.04 Å². The third-order valence-electron chi connectivity index (χ3n) is 5.31. The number of nitrogens with one attached hydrogen (secondary N) is 2. The monoisotopic (exact) mass is 484 g/mol. The van der Waals surface area contributed by atoms with Gasteiger partial charge in [-0.2, -0.15) is 18.3 Å². The number of carbonyl (C=O) groups excluding carboxylic acids is 1. The predicted octanol–water partition coefficient (Wildman–Crippen LogP) is 6.00. The first-order valence-electron chi connectivity index (χ1n) is 10.1. The van der Waals surface area contributed by atoms with Crippen LogP contribution in [0.15, 0.2) is 54.7 Å². The molecule has 2 heterocycles. The van der Waals surface area contributed by atoms with Crippen LogP contribution in [0.5, 0.6) is 5.75 Å². The van der Waals surface area contributed by atoms with Gasteiger partial charge in [0.1, 0.15) is 17.1 Å². The molecule has 1 aliphatic rings. The minimum absolute atomic E-state index is 0.103. The van der Waals surface area contributed by atoms with Crippen LogP contribution in [0.1, 0.15) is 40.0 Å². The molecule has 0 bridgehead atoms. The first-order valence-corrected chi connectivity index (χ1v) is 10.1. The molecule has 6 nitrogen and oxygen atoms in total. The van der Waals surface area contributed by atoms with E-state index in [2.05, 4.69) is 20.5 Å². The Balaban J connectivity index is 1.59. The number of hydrogen-bond acceptors (Lipinski definition) is 4. The molecular formula is C22H18F6N4O2. The smallest absolute Gasteiger partial charge is 0.406 e. The zero-order valence-electron chi connectivity index (χ0n) is 17.5. The van der Waals surface area contributed by atoms with E-state index in [1.54, 1.807) is 24.3 Å². The molecule has 0 aliphatic carbocycles. The molecule has 0 spiro atoms. The number of halogens is 6. The van der Waals surface area contributed by atoms with Crippen LogP contribution in [0.25, 0.3) is 0 Å². The largest absolute Gasteiger partial charge is 0.573 e. The zero-order chi connectivity index (χ0) is 24.7. The number of aromatic nitrogens is 2. The summed E-state index contributed by atoms with van der Waals surface area (Å²) in [6.45, 7) is 1.86. The van der Waals surface area contributed by atoms with Crippen molar-refractivity contribution in [2.75, 3.05) is 10.6 Å². The average molecular weight is 484 g/mol. The second kappa shape index (κ2) is 8.58. The maximum atomic E-state index is 13.8. The Morgan fingerprint density at radius 3 is 2.29 bits per heavy atom. The van der Waals surface area contributed by atoms with Crippen LogP contribution >= 0.6 is 0 Å². The standard InChI is InChI=1S/C22H18F6N4O2/c1-12-2-4-13(5-3-12)17-10-18(21(23,24)25)32-19(31-17)16(11-29-32)20(33)30-14-6-8-15(9-7-14)34-22(26,27)28/h2-9,11,17-18,31H,10H2,1H3,(H,30,33)/t17-,18+/m0/s1. The number of aryl methyl sites for hydroxylation is 1. The second-order valence-corrected chi connectivity index (χ2v) is 7.78. The van der Waals surface area contributed by atoms with Crippen LogP contribution in [-0.4, -0.2) is 28.2 Å². The lowest BCUT2D eigenvalue weighted by Gasteiger charge is -2.34. The number of anilines is 2. The summed E-state index contributed by atoms with van der Waals surface area (Å²) in [5, 5.41) is 9.22. The van der Waals surface area contributed by atoms with E-state index in [1.807, 2.05) is 6.92 Å². The molecule has 0 unspecified atom stereocenters. The van der Waals surface area contributed by atoms with Crippen LogP contribution < -0.4 is 15.4 Å². The van der Waals surface area contributed by atoms with E-state index in [1.165, 1.54) is 12.1 Å². The zero-order valence-corrected chi connectivity index (χ0v) is 17.5. The van der Waals surface area contributed by atoms with E-state index in [4.69, 9.17) is 0 Å². The van der Waals surface area contributed by atoms with E-state index >= 15 is 0 Å². The molecule has 34 heavy (non-hydrogen) atoms. The molecule has 12 heteroatoms. The van der Waals surface area contributed by atoms with Gasteiger partial charge in [-0.25, -0.2) is 4.68 Å². The highest BCUT2D eigenvalue weighted by Crippen LogP contribution is 2.44. The molecule has 1 amide bonds. The van der Waals surface area contributed by atoms with Gasteiger partial charge >= 0.3 is 12.5 Å². The van der Waals surface area contributed by atoms with E-state index in [0.29, 0.717) is 5.56 Å². The molecule has 1 aromatic heterocycles. The fourth-order valence-corrected chi connectivity index (χ4v) is 3.68. The second-order valence-electron chi connectivity index (χ2n) is 7.78. The summed E-state index contributed by atoms with van der Waals surface area (Å²) in [4.78, 5) is 12.8. The molecule has 4 rings (SSSR count). The molecule has 0 saturated carbocycles. The summed E-state index contributed by atoms with van der Waals surface area (Å²) in [6.07, 6.45) is -8.76. The number of amides is 1. The summed E-state index contributed by atoms with van der Waals surface area (Å²) >= 11 is 0. The summed E-state index contributed by atoms with van der Waals surface area (Å²) in [6, 6.07) is 8.69. The predicted molar refractivity (Wildman–Crippen MR) is 111 cm³/mol. The van der Waals surface area contributed by atoms with E-state index in [0.717, 1.165) is 28.6 Å². The Labute approximate surface area is 189 Å². The average Bonchev–Trinajstić information content (AvgIpc) is 3.17. The molecule has 2 aromatic carbocycles. The van der Waals surface area contributed by atoms with Crippen LogP contribution in [0, 0.1) is 6.92 Å². The van der Waals surface area contributed by atoms with E-state index < -0.39 is 36.3 Å². The number of rotatable bonds is 4. The highest BCUT2D eigenvalue weighted by Gasteiger charge is 2.47. The number of benzene rings is 2. The van der Waals surface area contributed by atoms with Crippen molar-refractivity contribution in [3.63, 3.8) is 0 Å². The molecule has 0 fully saturated rings. The highest BCUT2D eigenvalue weighted by molar-refractivity contribution is 6.07. The minimum atomic E-state index is -4.86. The number of hydrogen-bond donors (Lipinski definition) is 2. The van der Waals surface area contributed by atoms with Gasteiger partial charge in [-0.15, -0.1) is 13.2 Å². The van der Waals surface area contributed by atoms with Gasteiger partial charge in [0.25, 0.3) is 5.91 Å². The lowest BCUT2D eigenvalue weighted by atomic mass is 9.96. The van der Waals surface area contributed by atoms with Crippen molar-refractivity contribution in [2.24, 2.45) is 0 Å². The Morgan fingerprint density at radius 2 is 1.71 bits per heavy atom. The fraction of sp³-hybridized carbons (Fsp3) is 0.273. The summed E-state index contributed by atoms with van der Waals surface area (Å²) in [5.41, 5.74) is 1.56. The quantitative estimate of drug-likeness (QED) is 0.446. The van der Waals surface area contributed by atoms with E-state index in [9.17, 15) is 31.1 Å². The van der Waals surface area contributed by atoms with Crippen molar-refractivity contribution < 1.29 is 35.9 Å². The number of alkyl halides is 6. The van der Waals surface area contributed by atoms with Crippen molar-refractivity contribution in [2.45, 2.75) is 38.0 Å². The molecule has 0 saturated heterocycles. The van der Waals surface area contributed by atoms with Gasteiger partial charge in [0, 0.05) is 12.1 Å². The van der Waals surface area contributed by atoms with Crippen molar-refractivity contribution in [1.82, 2.24) is 9.78 Å². The molecule has 0 radical (unpaired) electrons. The van der Waals surface area contributed by atoms with Crippen LogP contribution in [0.4, 0.5) is 37.8 Å². The maximum absolute atomic E-state index is 13.8. The van der Waals surface area contributed by atoms with Crippen molar-refractivity contribution in [1.29, 1.82) is 0 Å². The van der Waals surface area contributed by atoms with Crippen LogP contribution in [0.2, 0.25) is 0 Å². The molecular weight excluding hydrogens is 466 g/mol. The maximum Gasteiger partial charge on any atom is 0.573 e. The van der Waals surface area contributed by atoms with Crippen molar-refractivity contribution in [3.05, 3.63) is 71.4 Å². The van der Waals surface area contributed by atoms with Crippen LogP contribution in [0.3, 0.4) is 0 Å². The van der Waals surface area contributed by atoms with Gasteiger partial charge in [-0.1, -0.05) is 29.8 Å². The Bertz CT molecular complexity index is 1170. The van der Waals surface area contributed by atoms with Gasteiger partial charge in [-0.3, -0.25) is 4.79 Å². The Hall–Kier alpha value is -3.70. The topological polar surface area (TPSA) is 68.2 Å². The third-order valence-corrected chi connectivity index (χ3v) is 5.31. The lowest BCUT2D eigenvalue weighted by Crippen LogP contribution is -2.36. The molecule has 2 N–H and O–H groups in total. The van der Waals surface area contributed by atoms with Crippen molar-refractivity contribution >= 4 is 17.4 Å². The fourth-order valence-electron chi connectivity index (χ4n) is 3.68.